The molecule has 0 radical (unpaired) electrons. The highest BCUT2D eigenvalue weighted by molar-refractivity contribution is 5.78. The largest absolute Gasteiger partial charge is 0.484 e. The summed E-state index contributed by atoms with van der Waals surface area (Å²) in [5.74, 6) is 0.165. The number of hydrogen-bond donors (Lipinski definition) is 1. The first-order valence-electron chi connectivity index (χ1n) is 9.50. The molecule has 12 heteroatoms. The zero-order chi connectivity index (χ0) is 23.3. The summed E-state index contributed by atoms with van der Waals surface area (Å²) in [4.78, 5) is 35.9. The number of hydrogen-bond acceptors (Lipinski definition) is 6. The SMILES string of the molecule is O=CN1CCN(C(=O)COc2ccc(Nc3ccc([N+](=O)[O-])c(C(F)(F)F)c3)cc2)CC1. The number of piperazine rings is 1. The fourth-order valence-corrected chi connectivity index (χ4v) is 3.11. The summed E-state index contributed by atoms with van der Waals surface area (Å²) in [6, 6.07) is 8.80. The Morgan fingerprint density at radius 2 is 1.72 bits per heavy atom. The fourth-order valence-electron chi connectivity index (χ4n) is 3.11. The van der Waals surface area contributed by atoms with Crippen molar-refractivity contribution >= 4 is 29.4 Å². The van der Waals surface area contributed by atoms with Crippen LogP contribution in [0.4, 0.5) is 30.2 Å². The smallest absolute Gasteiger partial charge is 0.423 e. The van der Waals surface area contributed by atoms with E-state index in [-0.39, 0.29) is 18.2 Å². The standard InChI is InChI=1S/C20H19F3N4O5/c21-20(22,23)17-11-15(3-6-18(17)27(30)31)24-14-1-4-16(5-2-14)32-12-19(29)26-9-7-25(13-28)8-10-26/h1-6,11,13,24H,7-10,12H2. The lowest BCUT2D eigenvalue weighted by molar-refractivity contribution is -0.388. The molecule has 3 rings (SSSR count). The van der Waals surface area contributed by atoms with Crippen molar-refractivity contribution in [2.24, 2.45) is 0 Å². The second-order valence-corrected chi connectivity index (χ2v) is 6.95. The molecule has 1 aliphatic rings. The third kappa shape index (κ3) is 5.65. The van der Waals surface area contributed by atoms with Crippen molar-refractivity contribution in [1.29, 1.82) is 0 Å². The van der Waals surface area contributed by atoms with Crippen LogP contribution in [0.3, 0.4) is 0 Å². The van der Waals surface area contributed by atoms with Crippen LogP contribution in [0.2, 0.25) is 0 Å². The van der Waals surface area contributed by atoms with E-state index < -0.39 is 22.4 Å². The lowest BCUT2D eigenvalue weighted by Gasteiger charge is -2.32. The minimum atomic E-state index is -4.87. The van der Waals surface area contributed by atoms with Gasteiger partial charge in [-0.15, -0.1) is 0 Å². The van der Waals surface area contributed by atoms with Gasteiger partial charge >= 0.3 is 6.18 Å². The molecule has 0 aliphatic carbocycles. The van der Waals surface area contributed by atoms with Crippen LogP contribution in [0.1, 0.15) is 5.56 Å². The molecule has 0 bridgehead atoms. The summed E-state index contributed by atoms with van der Waals surface area (Å²) in [7, 11) is 0. The van der Waals surface area contributed by atoms with Gasteiger partial charge in [-0.05, 0) is 36.4 Å². The Balaban J connectivity index is 1.59. The third-order valence-corrected chi connectivity index (χ3v) is 4.82. The molecule has 1 N–H and O–H groups in total. The van der Waals surface area contributed by atoms with Crippen LogP contribution in [-0.4, -0.2) is 59.8 Å². The van der Waals surface area contributed by atoms with Crippen molar-refractivity contribution in [3.8, 4) is 5.75 Å². The van der Waals surface area contributed by atoms with E-state index in [0.29, 0.717) is 43.7 Å². The van der Waals surface area contributed by atoms with Crippen molar-refractivity contribution in [2.45, 2.75) is 6.18 Å². The number of alkyl halides is 3. The Morgan fingerprint density at radius 3 is 2.28 bits per heavy atom. The predicted octanol–water partition coefficient (Wildman–Crippen LogP) is 3.04. The van der Waals surface area contributed by atoms with Crippen LogP contribution in [0.15, 0.2) is 42.5 Å². The highest BCUT2D eigenvalue weighted by Gasteiger charge is 2.38. The second-order valence-electron chi connectivity index (χ2n) is 6.95. The van der Waals surface area contributed by atoms with Gasteiger partial charge in [0.15, 0.2) is 6.61 Å². The maximum atomic E-state index is 13.1. The molecule has 0 saturated carbocycles. The number of anilines is 2. The number of rotatable bonds is 7. The number of ether oxygens (including phenoxy) is 1. The summed E-state index contributed by atoms with van der Waals surface area (Å²) in [5, 5.41) is 13.6. The van der Waals surface area contributed by atoms with E-state index in [1.165, 1.54) is 30.3 Å². The van der Waals surface area contributed by atoms with Crippen molar-refractivity contribution < 1.29 is 32.4 Å². The molecule has 0 unspecified atom stereocenters. The van der Waals surface area contributed by atoms with Crippen LogP contribution in [0.25, 0.3) is 0 Å². The van der Waals surface area contributed by atoms with Gasteiger partial charge in [0.25, 0.3) is 11.6 Å². The Kier molecular flexibility index (Phi) is 6.81. The first-order valence-corrected chi connectivity index (χ1v) is 9.50. The first kappa shape index (κ1) is 22.8. The molecule has 1 fully saturated rings. The van der Waals surface area contributed by atoms with E-state index >= 15 is 0 Å². The van der Waals surface area contributed by atoms with Gasteiger partial charge in [0.05, 0.1) is 4.92 Å². The normalized spacial score (nSPS) is 14.1. The maximum Gasteiger partial charge on any atom is 0.423 e. The molecule has 0 spiro atoms. The van der Waals surface area contributed by atoms with Crippen molar-refractivity contribution in [3.05, 3.63) is 58.1 Å². The monoisotopic (exact) mass is 452 g/mol. The Hall–Kier alpha value is -3.83. The molecule has 2 amide bonds. The Morgan fingerprint density at radius 1 is 1.09 bits per heavy atom. The number of amides is 2. The Labute approximate surface area is 180 Å². The van der Waals surface area contributed by atoms with Gasteiger partial charge in [-0.1, -0.05) is 0 Å². The van der Waals surface area contributed by atoms with Crippen LogP contribution >= 0.6 is 0 Å². The van der Waals surface area contributed by atoms with Crippen molar-refractivity contribution in [1.82, 2.24) is 9.80 Å². The molecule has 9 nitrogen and oxygen atoms in total. The Bertz CT molecular complexity index is 990. The average molecular weight is 452 g/mol. The molecule has 32 heavy (non-hydrogen) atoms. The lowest BCUT2D eigenvalue weighted by atomic mass is 10.1. The quantitative estimate of drug-likeness (QED) is 0.393. The van der Waals surface area contributed by atoms with Crippen molar-refractivity contribution in [2.75, 3.05) is 38.1 Å². The molecular formula is C20H19F3N4O5. The van der Waals surface area contributed by atoms with Crippen LogP contribution in [-0.2, 0) is 15.8 Å². The fraction of sp³-hybridized carbons (Fsp3) is 0.300. The first-order chi connectivity index (χ1) is 15.2. The lowest BCUT2D eigenvalue weighted by Crippen LogP contribution is -2.49. The van der Waals surface area contributed by atoms with E-state index in [1.807, 2.05) is 0 Å². The van der Waals surface area contributed by atoms with Crippen molar-refractivity contribution in [3.63, 3.8) is 0 Å². The van der Waals surface area contributed by atoms with Gasteiger partial charge in [0.2, 0.25) is 6.41 Å². The number of nitro groups is 1. The second kappa shape index (κ2) is 9.54. The number of nitrogens with zero attached hydrogens (tertiary/aromatic N) is 3. The minimum absolute atomic E-state index is 0.0289. The van der Waals surface area contributed by atoms with E-state index in [2.05, 4.69) is 5.32 Å². The minimum Gasteiger partial charge on any atom is -0.484 e. The van der Waals surface area contributed by atoms with E-state index in [0.717, 1.165) is 12.5 Å². The summed E-state index contributed by atoms with van der Waals surface area (Å²) in [6.45, 7) is 1.60. The summed E-state index contributed by atoms with van der Waals surface area (Å²) < 4.78 is 44.8. The number of carbonyl (C=O) groups excluding carboxylic acids is 2. The molecular weight excluding hydrogens is 433 g/mol. The van der Waals surface area contributed by atoms with Gasteiger partial charge < -0.3 is 19.9 Å². The number of nitrogens with one attached hydrogen (secondary N) is 1. The summed E-state index contributed by atoms with van der Waals surface area (Å²) >= 11 is 0. The molecule has 1 saturated heterocycles. The molecule has 170 valence electrons. The highest BCUT2D eigenvalue weighted by atomic mass is 19.4. The zero-order valence-corrected chi connectivity index (χ0v) is 16.7. The molecule has 1 aliphatic heterocycles. The topological polar surface area (TPSA) is 105 Å². The molecule has 2 aromatic rings. The van der Waals surface area contributed by atoms with Gasteiger partial charge in [-0.25, -0.2) is 0 Å². The van der Waals surface area contributed by atoms with E-state index in [4.69, 9.17) is 4.74 Å². The predicted molar refractivity (Wildman–Crippen MR) is 108 cm³/mol. The van der Waals surface area contributed by atoms with Gasteiger partial charge in [-0.2, -0.15) is 13.2 Å². The third-order valence-electron chi connectivity index (χ3n) is 4.82. The molecule has 2 aromatic carbocycles. The average Bonchev–Trinajstić information content (AvgIpc) is 2.77. The number of halogens is 3. The van der Waals surface area contributed by atoms with Crippen LogP contribution in [0, 0.1) is 10.1 Å². The van der Waals surface area contributed by atoms with Gasteiger partial charge in [0.1, 0.15) is 11.3 Å². The molecule has 0 atom stereocenters. The van der Waals surface area contributed by atoms with E-state index in [9.17, 15) is 32.9 Å². The van der Waals surface area contributed by atoms with Gasteiger partial charge in [-0.3, -0.25) is 19.7 Å². The molecule has 0 aromatic heterocycles. The number of benzene rings is 2. The molecule has 1 heterocycles. The van der Waals surface area contributed by atoms with Gasteiger partial charge in [0, 0.05) is 43.6 Å². The summed E-state index contributed by atoms with van der Waals surface area (Å²) in [5.41, 5.74) is -1.92. The highest BCUT2D eigenvalue weighted by Crippen LogP contribution is 2.38. The maximum absolute atomic E-state index is 13.1. The van der Waals surface area contributed by atoms with E-state index in [1.54, 1.807) is 9.80 Å². The van der Waals surface area contributed by atoms with Crippen LogP contribution < -0.4 is 10.1 Å². The zero-order valence-electron chi connectivity index (χ0n) is 16.7. The summed E-state index contributed by atoms with van der Waals surface area (Å²) in [6.07, 6.45) is -4.13. The number of carbonyl (C=O) groups is 2. The van der Waals surface area contributed by atoms with Crippen LogP contribution in [0.5, 0.6) is 5.75 Å². The number of nitro benzene ring substituents is 1.